The number of fused-ring (bicyclic) bond motifs is 1. The van der Waals surface area contributed by atoms with Gasteiger partial charge in [0.1, 0.15) is 4.75 Å². The third-order valence-electron chi connectivity index (χ3n) is 5.52. The fraction of sp³-hybridized carbons (Fsp3) is 0.429. The van der Waals surface area contributed by atoms with Crippen LogP contribution in [0.15, 0.2) is 54.6 Å². The maximum atomic E-state index is 13.9. The summed E-state index contributed by atoms with van der Waals surface area (Å²) in [5, 5.41) is 0. The van der Waals surface area contributed by atoms with E-state index in [4.69, 9.17) is 0 Å². The average Bonchev–Trinajstić information content (AvgIpc) is 2.71. The van der Waals surface area contributed by atoms with Crippen LogP contribution in [0.5, 0.6) is 0 Å². The first-order valence-electron chi connectivity index (χ1n) is 8.79. The molecule has 0 amide bonds. The molecule has 0 saturated carbocycles. The zero-order valence-corrected chi connectivity index (χ0v) is 16.3. The molecule has 2 aromatic carbocycles. The quantitative estimate of drug-likeness (QED) is 0.813. The topological polar surface area (TPSA) is 37.4 Å². The lowest BCUT2D eigenvalue weighted by Crippen LogP contribution is -2.39. The van der Waals surface area contributed by atoms with E-state index in [-0.39, 0.29) is 0 Å². The van der Waals surface area contributed by atoms with Crippen LogP contribution in [-0.4, -0.2) is 34.0 Å². The van der Waals surface area contributed by atoms with Gasteiger partial charge in [-0.05, 0) is 64.0 Å². The van der Waals surface area contributed by atoms with Crippen molar-refractivity contribution in [3.63, 3.8) is 0 Å². The third-order valence-corrected chi connectivity index (χ3v) is 8.66. The van der Waals surface area contributed by atoms with Crippen LogP contribution in [0.25, 0.3) is 0 Å². The van der Waals surface area contributed by atoms with Crippen molar-refractivity contribution >= 4 is 9.84 Å². The first-order valence-corrected chi connectivity index (χ1v) is 10.3. The van der Waals surface area contributed by atoms with Crippen molar-refractivity contribution in [1.82, 2.24) is 4.90 Å². The van der Waals surface area contributed by atoms with Gasteiger partial charge in [0.2, 0.25) is 0 Å². The van der Waals surface area contributed by atoms with Crippen molar-refractivity contribution in [1.29, 1.82) is 0 Å². The van der Waals surface area contributed by atoms with Crippen molar-refractivity contribution in [2.75, 3.05) is 20.6 Å². The SMILES string of the molecule is CN(C)CCCC1(c2ccccc2)c2ccccc2C(C)(C)S1(=O)=O. The van der Waals surface area contributed by atoms with E-state index in [1.54, 1.807) is 0 Å². The maximum Gasteiger partial charge on any atom is 0.173 e. The Morgan fingerprint density at radius 3 is 2.04 bits per heavy atom. The summed E-state index contributed by atoms with van der Waals surface area (Å²) in [6.45, 7) is 4.56. The second kappa shape index (κ2) is 6.26. The molecule has 4 heteroatoms. The zero-order valence-electron chi connectivity index (χ0n) is 15.5. The van der Waals surface area contributed by atoms with Gasteiger partial charge in [-0.3, -0.25) is 0 Å². The molecule has 0 aliphatic carbocycles. The largest absolute Gasteiger partial charge is 0.309 e. The van der Waals surface area contributed by atoms with Crippen LogP contribution in [0.4, 0.5) is 0 Å². The Bertz CT molecular complexity index is 856. The highest BCUT2D eigenvalue weighted by atomic mass is 32.2. The van der Waals surface area contributed by atoms with Crippen LogP contribution in [0, 0.1) is 0 Å². The summed E-state index contributed by atoms with van der Waals surface area (Å²) in [5.41, 5.74) is 2.76. The van der Waals surface area contributed by atoms with E-state index >= 15 is 0 Å². The molecule has 3 rings (SSSR count). The molecule has 3 nitrogen and oxygen atoms in total. The molecule has 0 saturated heterocycles. The molecule has 0 bridgehead atoms. The highest BCUT2D eigenvalue weighted by Gasteiger charge is 2.61. The molecule has 0 fully saturated rings. The van der Waals surface area contributed by atoms with Gasteiger partial charge < -0.3 is 4.90 Å². The molecular weight excluding hydrogens is 330 g/mol. The molecule has 134 valence electrons. The van der Waals surface area contributed by atoms with Gasteiger partial charge in [-0.2, -0.15) is 0 Å². The molecular formula is C21H27NO2S. The van der Waals surface area contributed by atoms with Crippen LogP contribution in [0.1, 0.15) is 43.4 Å². The Morgan fingerprint density at radius 1 is 0.880 bits per heavy atom. The van der Waals surface area contributed by atoms with Gasteiger partial charge in [0.25, 0.3) is 0 Å². The molecule has 1 unspecified atom stereocenters. The lowest BCUT2D eigenvalue weighted by Gasteiger charge is -2.33. The predicted molar refractivity (Wildman–Crippen MR) is 103 cm³/mol. The first kappa shape index (κ1) is 18.2. The zero-order chi connectivity index (χ0) is 18.3. The lowest BCUT2D eigenvalue weighted by molar-refractivity contribution is 0.382. The molecule has 1 heterocycles. The van der Waals surface area contributed by atoms with Crippen molar-refractivity contribution in [2.45, 2.75) is 36.2 Å². The maximum absolute atomic E-state index is 13.9. The Kier molecular flexibility index (Phi) is 4.54. The van der Waals surface area contributed by atoms with Crippen molar-refractivity contribution < 1.29 is 8.42 Å². The van der Waals surface area contributed by atoms with Crippen LogP contribution < -0.4 is 0 Å². The molecule has 0 N–H and O–H groups in total. The van der Waals surface area contributed by atoms with Crippen LogP contribution in [0.2, 0.25) is 0 Å². The fourth-order valence-corrected chi connectivity index (χ4v) is 6.83. The van der Waals surface area contributed by atoms with E-state index in [1.807, 2.05) is 82.5 Å². The van der Waals surface area contributed by atoms with Crippen molar-refractivity contribution in [3.8, 4) is 0 Å². The number of nitrogens with zero attached hydrogens (tertiary/aromatic N) is 1. The first-order chi connectivity index (χ1) is 11.7. The van der Waals surface area contributed by atoms with Gasteiger partial charge in [0.15, 0.2) is 9.84 Å². The monoisotopic (exact) mass is 357 g/mol. The van der Waals surface area contributed by atoms with E-state index in [1.165, 1.54) is 0 Å². The molecule has 0 aromatic heterocycles. The van der Waals surface area contributed by atoms with E-state index in [2.05, 4.69) is 4.90 Å². The summed E-state index contributed by atoms with van der Waals surface area (Å²) in [5.74, 6) is 0. The third kappa shape index (κ3) is 2.54. The Hall–Kier alpha value is -1.65. The molecule has 2 aromatic rings. The van der Waals surface area contributed by atoms with Crippen LogP contribution in [0.3, 0.4) is 0 Å². The van der Waals surface area contributed by atoms with E-state index in [9.17, 15) is 8.42 Å². The Morgan fingerprint density at radius 2 is 1.44 bits per heavy atom. The Labute approximate surface area is 151 Å². The molecule has 1 aliphatic heterocycles. The van der Waals surface area contributed by atoms with Crippen LogP contribution in [-0.2, 0) is 19.3 Å². The second-order valence-corrected chi connectivity index (χ2v) is 10.4. The van der Waals surface area contributed by atoms with Crippen molar-refractivity contribution in [3.05, 3.63) is 71.3 Å². The summed E-state index contributed by atoms with van der Waals surface area (Å²) in [4.78, 5) is 2.11. The molecule has 0 spiro atoms. The minimum atomic E-state index is -3.46. The number of hydrogen-bond acceptors (Lipinski definition) is 3. The van der Waals surface area contributed by atoms with Gasteiger partial charge in [-0.1, -0.05) is 54.6 Å². The molecule has 25 heavy (non-hydrogen) atoms. The van der Waals surface area contributed by atoms with Gasteiger partial charge in [0, 0.05) is 0 Å². The standard InChI is InChI=1S/C21H27NO2S/c1-20(2)18-13-8-9-14-19(18)21(25(20,23)24,15-10-16-22(3)4)17-11-6-5-7-12-17/h5-9,11-14H,10,15-16H2,1-4H3. The minimum absolute atomic E-state index is 0.595. The minimum Gasteiger partial charge on any atom is -0.309 e. The summed E-state index contributed by atoms with van der Waals surface area (Å²) >= 11 is 0. The summed E-state index contributed by atoms with van der Waals surface area (Å²) in [6.07, 6.45) is 1.42. The van der Waals surface area contributed by atoms with Gasteiger partial charge in [-0.25, -0.2) is 8.42 Å². The van der Waals surface area contributed by atoms with Crippen LogP contribution >= 0.6 is 0 Å². The Balaban J connectivity index is 2.27. The van der Waals surface area contributed by atoms with E-state index < -0.39 is 19.3 Å². The molecule has 0 radical (unpaired) electrons. The fourth-order valence-electron chi connectivity index (χ4n) is 4.16. The number of sulfone groups is 1. The summed E-state index contributed by atoms with van der Waals surface area (Å²) < 4.78 is 25.9. The van der Waals surface area contributed by atoms with E-state index in [0.717, 1.165) is 29.7 Å². The molecule has 1 atom stereocenters. The lowest BCUT2D eigenvalue weighted by atomic mass is 9.82. The normalized spacial score (nSPS) is 23.6. The van der Waals surface area contributed by atoms with Gasteiger partial charge >= 0.3 is 0 Å². The average molecular weight is 358 g/mol. The highest BCUT2D eigenvalue weighted by Crippen LogP contribution is 2.57. The van der Waals surface area contributed by atoms with Gasteiger partial charge in [0.05, 0.1) is 4.75 Å². The second-order valence-electron chi connectivity index (χ2n) is 7.66. The smallest absolute Gasteiger partial charge is 0.173 e. The number of hydrogen-bond donors (Lipinski definition) is 0. The number of rotatable bonds is 5. The predicted octanol–water partition coefficient (Wildman–Crippen LogP) is 3.94. The molecule has 1 aliphatic rings. The van der Waals surface area contributed by atoms with Crippen molar-refractivity contribution in [2.24, 2.45) is 0 Å². The van der Waals surface area contributed by atoms with Gasteiger partial charge in [-0.15, -0.1) is 0 Å². The number of benzene rings is 2. The van der Waals surface area contributed by atoms with E-state index in [0.29, 0.717) is 6.42 Å². The summed E-state index contributed by atoms with van der Waals surface area (Å²) in [7, 11) is 0.592. The highest BCUT2D eigenvalue weighted by molar-refractivity contribution is 7.93. The summed E-state index contributed by atoms with van der Waals surface area (Å²) in [6, 6.07) is 17.6.